The SMILES string of the molecule is COc1ccc(-c2csc(/C(C#N)=C\Nc3ccc(F)c(F)c3)n2)cc1. The minimum Gasteiger partial charge on any atom is -0.497 e. The maximum absolute atomic E-state index is 13.2. The number of ether oxygens (including phenoxy) is 1. The van der Waals surface area contributed by atoms with Gasteiger partial charge in [0.05, 0.1) is 12.8 Å². The van der Waals surface area contributed by atoms with Crippen LogP contribution in [0.1, 0.15) is 5.01 Å². The summed E-state index contributed by atoms with van der Waals surface area (Å²) in [6.45, 7) is 0. The number of hydrogen-bond acceptors (Lipinski definition) is 5. The maximum Gasteiger partial charge on any atom is 0.160 e. The summed E-state index contributed by atoms with van der Waals surface area (Å²) in [4.78, 5) is 4.46. The zero-order valence-electron chi connectivity index (χ0n) is 13.7. The Morgan fingerprint density at radius 3 is 2.62 bits per heavy atom. The number of nitriles is 1. The van der Waals surface area contributed by atoms with E-state index >= 15 is 0 Å². The van der Waals surface area contributed by atoms with Crippen LogP contribution in [-0.2, 0) is 0 Å². The molecule has 0 unspecified atom stereocenters. The smallest absolute Gasteiger partial charge is 0.160 e. The molecule has 2 aromatic carbocycles. The molecule has 4 nitrogen and oxygen atoms in total. The average molecular weight is 369 g/mol. The van der Waals surface area contributed by atoms with E-state index in [2.05, 4.69) is 16.4 Å². The van der Waals surface area contributed by atoms with Crippen LogP contribution in [0, 0.1) is 23.0 Å². The maximum atomic E-state index is 13.2. The Bertz CT molecular complexity index is 991. The predicted molar refractivity (Wildman–Crippen MR) is 97.7 cm³/mol. The molecule has 1 aromatic heterocycles. The van der Waals surface area contributed by atoms with Crippen molar-refractivity contribution in [1.29, 1.82) is 5.26 Å². The van der Waals surface area contributed by atoms with Gasteiger partial charge in [-0.25, -0.2) is 13.8 Å². The van der Waals surface area contributed by atoms with Gasteiger partial charge in [0.2, 0.25) is 0 Å². The number of rotatable bonds is 5. The molecule has 130 valence electrons. The van der Waals surface area contributed by atoms with Gasteiger partial charge >= 0.3 is 0 Å². The summed E-state index contributed by atoms with van der Waals surface area (Å²) < 4.78 is 31.3. The summed E-state index contributed by atoms with van der Waals surface area (Å²) in [5.41, 5.74) is 2.27. The molecule has 0 atom stereocenters. The minimum absolute atomic E-state index is 0.291. The highest BCUT2D eigenvalue weighted by Crippen LogP contribution is 2.27. The molecule has 1 heterocycles. The number of thiazole rings is 1. The summed E-state index contributed by atoms with van der Waals surface area (Å²) in [5, 5.41) is 14.5. The number of allylic oxidation sites excluding steroid dienone is 1. The highest BCUT2D eigenvalue weighted by Gasteiger charge is 2.09. The van der Waals surface area contributed by atoms with Gasteiger partial charge in [0.1, 0.15) is 22.4 Å². The third-order valence-corrected chi connectivity index (χ3v) is 4.42. The second-order valence-electron chi connectivity index (χ2n) is 5.21. The van der Waals surface area contributed by atoms with Gasteiger partial charge in [-0.3, -0.25) is 0 Å². The van der Waals surface area contributed by atoms with Crippen molar-refractivity contribution in [3.63, 3.8) is 0 Å². The van der Waals surface area contributed by atoms with E-state index in [1.54, 1.807) is 7.11 Å². The van der Waals surface area contributed by atoms with Crippen LogP contribution < -0.4 is 10.1 Å². The third-order valence-electron chi connectivity index (χ3n) is 3.54. The van der Waals surface area contributed by atoms with E-state index in [9.17, 15) is 14.0 Å². The fraction of sp³-hybridized carbons (Fsp3) is 0.0526. The molecule has 0 aliphatic heterocycles. The lowest BCUT2D eigenvalue weighted by atomic mass is 10.2. The number of hydrogen-bond donors (Lipinski definition) is 1. The van der Waals surface area contributed by atoms with Crippen molar-refractivity contribution in [2.24, 2.45) is 0 Å². The van der Waals surface area contributed by atoms with E-state index < -0.39 is 11.6 Å². The van der Waals surface area contributed by atoms with Gasteiger partial charge in [-0.15, -0.1) is 11.3 Å². The highest BCUT2D eigenvalue weighted by atomic mass is 32.1. The van der Waals surface area contributed by atoms with Crippen molar-refractivity contribution in [3.05, 3.63) is 70.7 Å². The van der Waals surface area contributed by atoms with Crippen LogP contribution in [0.4, 0.5) is 14.5 Å². The molecule has 3 aromatic rings. The lowest BCUT2D eigenvalue weighted by Crippen LogP contribution is -1.93. The van der Waals surface area contributed by atoms with Crippen LogP contribution >= 0.6 is 11.3 Å². The van der Waals surface area contributed by atoms with Crippen LogP contribution in [0.15, 0.2) is 54.0 Å². The normalized spacial score (nSPS) is 11.1. The lowest BCUT2D eigenvalue weighted by molar-refractivity contribution is 0.415. The molecule has 0 saturated carbocycles. The number of anilines is 1. The van der Waals surface area contributed by atoms with Gasteiger partial charge in [-0.05, 0) is 36.4 Å². The third kappa shape index (κ3) is 3.87. The van der Waals surface area contributed by atoms with Crippen LogP contribution in [0.25, 0.3) is 16.8 Å². The fourth-order valence-corrected chi connectivity index (χ4v) is 2.97. The zero-order valence-corrected chi connectivity index (χ0v) is 14.5. The number of methoxy groups -OCH3 is 1. The van der Waals surface area contributed by atoms with E-state index in [1.165, 1.54) is 23.6 Å². The topological polar surface area (TPSA) is 57.9 Å². The Morgan fingerprint density at radius 1 is 1.19 bits per heavy atom. The van der Waals surface area contributed by atoms with Gasteiger partial charge in [0, 0.05) is 28.9 Å². The molecule has 0 spiro atoms. The Morgan fingerprint density at radius 2 is 1.96 bits per heavy atom. The minimum atomic E-state index is -0.960. The molecular weight excluding hydrogens is 356 g/mol. The molecule has 3 rings (SSSR count). The van der Waals surface area contributed by atoms with Crippen molar-refractivity contribution >= 4 is 22.6 Å². The van der Waals surface area contributed by atoms with Crippen LogP contribution in [-0.4, -0.2) is 12.1 Å². The first-order valence-electron chi connectivity index (χ1n) is 7.53. The molecule has 0 saturated heterocycles. The van der Waals surface area contributed by atoms with Gasteiger partial charge in [-0.2, -0.15) is 5.26 Å². The number of nitrogens with one attached hydrogen (secondary N) is 1. The first-order valence-corrected chi connectivity index (χ1v) is 8.41. The Hall–Kier alpha value is -3.24. The summed E-state index contributed by atoms with van der Waals surface area (Å²) in [7, 11) is 1.60. The lowest BCUT2D eigenvalue weighted by Gasteiger charge is -2.02. The summed E-state index contributed by atoms with van der Waals surface area (Å²) >= 11 is 1.32. The van der Waals surface area contributed by atoms with Crippen LogP contribution in [0.5, 0.6) is 5.75 Å². The van der Waals surface area contributed by atoms with Gasteiger partial charge < -0.3 is 10.1 Å². The summed E-state index contributed by atoms with van der Waals surface area (Å²) in [6.07, 6.45) is 1.42. The molecule has 1 N–H and O–H groups in total. The van der Waals surface area contributed by atoms with E-state index in [4.69, 9.17) is 4.74 Å². The molecule has 0 bridgehead atoms. The molecule has 7 heteroatoms. The summed E-state index contributed by atoms with van der Waals surface area (Å²) in [6, 6.07) is 12.9. The molecule has 0 amide bonds. The van der Waals surface area contributed by atoms with Crippen molar-refractivity contribution in [3.8, 4) is 23.1 Å². The molecule has 0 aliphatic rings. The molecule has 0 radical (unpaired) electrons. The van der Waals surface area contributed by atoms with Gasteiger partial charge in [0.15, 0.2) is 11.6 Å². The number of nitrogens with zero attached hydrogens (tertiary/aromatic N) is 2. The van der Waals surface area contributed by atoms with Crippen LogP contribution in [0.3, 0.4) is 0 Å². The second kappa shape index (κ2) is 7.76. The average Bonchev–Trinajstić information content (AvgIpc) is 3.15. The summed E-state index contributed by atoms with van der Waals surface area (Å²) in [5.74, 6) is -1.14. The Labute approximate surface area is 153 Å². The zero-order chi connectivity index (χ0) is 18.5. The molecule has 0 fully saturated rings. The molecular formula is C19H13F2N3OS. The second-order valence-corrected chi connectivity index (χ2v) is 6.07. The van der Waals surface area contributed by atoms with E-state index in [0.717, 1.165) is 29.1 Å². The van der Waals surface area contributed by atoms with E-state index in [1.807, 2.05) is 29.6 Å². The molecule has 26 heavy (non-hydrogen) atoms. The first kappa shape index (κ1) is 17.6. The quantitative estimate of drug-likeness (QED) is 0.638. The standard InChI is InChI=1S/C19H13F2N3OS/c1-25-15-5-2-12(3-6-15)18-11-26-19(24-18)13(9-22)10-23-14-4-7-16(20)17(21)8-14/h2-8,10-11,23H,1H3/b13-10-. The van der Waals surface area contributed by atoms with Crippen molar-refractivity contribution < 1.29 is 13.5 Å². The largest absolute Gasteiger partial charge is 0.497 e. The number of aromatic nitrogens is 1. The number of benzene rings is 2. The molecule has 0 aliphatic carbocycles. The van der Waals surface area contributed by atoms with Crippen molar-refractivity contribution in [2.45, 2.75) is 0 Å². The van der Waals surface area contributed by atoms with E-state index in [-0.39, 0.29) is 0 Å². The fourth-order valence-electron chi connectivity index (χ4n) is 2.18. The highest BCUT2D eigenvalue weighted by molar-refractivity contribution is 7.11. The van der Waals surface area contributed by atoms with Crippen molar-refractivity contribution in [2.75, 3.05) is 12.4 Å². The predicted octanol–water partition coefficient (Wildman–Crippen LogP) is 5.07. The van der Waals surface area contributed by atoms with Gasteiger partial charge in [0.25, 0.3) is 0 Å². The van der Waals surface area contributed by atoms with Crippen LogP contribution in [0.2, 0.25) is 0 Å². The van der Waals surface area contributed by atoms with Gasteiger partial charge in [-0.1, -0.05) is 0 Å². The van der Waals surface area contributed by atoms with E-state index in [0.29, 0.717) is 16.3 Å². The van der Waals surface area contributed by atoms with Crippen molar-refractivity contribution in [1.82, 2.24) is 4.98 Å². The monoisotopic (exact) mass is 369 g/mol. The first-order chi connectivity index (χ1) is 12.6. The Balaban J connectivity index is 1.81. The number of halogens is 2. The Kier molecular flexibility index (Phi) is 5.25.